The molecule has 0 atom stereocenters. The van der Waals surface area contributed by atoms with E-state index in [1.165, 1.54) is 12.8 Å². The minimum atomic E-state index is -1.07. The first-order valence-electron chi connectivity index (χ1n) is 4.52. The lowest BCUT2D eigenvalue weighted by molar-refractivity contribution is 0.339. The Morgan fingerprint density at radius 1 is 1.17 bits per heavy atom. The van der Waals surface area contributed by atoms with Crippen LogP contribution in [0.1, 0.15) is 19.8 Å². The van der Waals surface area contributed by atoms with Gasteiger partial charge in [-0.3, -0.25) is 0 Å². The molecule has 0 aromatic carbocycles. The topological polar surface area (TPSA) is 18.5 Å². The van der Waals surface area contributed by atoms with Crippen molar-refractivity contribution in [3.8, 4) is 0 Å². The summed E-state index contributed by atoms with van der Waals surface area (Å²) in [6.45, 7) is 9.73. The molecule has 0 heterocycles. The second-order valence-electron chi connectivity index (χ2n) is 3.66. The summed E-state index contributed by atoms with van der Waals surface area (Å²) < 4.78 is 10.1. The van der Waals surface area contributed by atoms with Crippen LogP contribution in [0.5, 0.6) is 0 Å². The van der Waals surface area contributed by atoms with Crippen molar-refractivity contribution >= 4 is 29.3 Å². The van der Waals surface area contributed by atoms with Crippen molar-refractivity contribution < 1.29 is 8.54 Å². The van der Waals surface area contributed by atoms with Crippen LogP contribution in [0, 0.1) is 0 Å². The lowest BCUT2D eigenvalue weighted by Crippen LogP contribution is -2.23. The van der Waals surface area contributed by atoms with Gasteiger partial charge < -0.3 is 8.54 Å². The highest BCUT2D eigenvalue weighted by Crippen LogP contribution is 1.96. The molecule has 0 aromatic rings. The average molecular weight is 225 g/mol. The monoisotopic (exact) mass is 224 g/mol. The van der Waals surface area contributed by atoms with Gasteiger partial charge in [-0.15, -0.1) is 0 Å². The molecule has 0 unspecified atom stereocenters. The third-order valence-electron chi connectivity index (χ3n) is 1.31. The first kappa shape index (κ1) is 15.1. The molecule has 0 fully saturated rings. The minimum Gasteiger partial charge on any atom is -0.464 e. The van der Waals surface area contributed by atoms with Gasteiger partial charge in [-0.1, -0.05) is 13.3 Å². The van der Waals surface area contributed by atoms with Gasteiger partial charge in [-0.25, -0.2) is 0 Å². The fourth-order valence-electron chi connectivity index (χ4n) is 0.289. The Hall–Kier alpha value is 0.571. The zero-order chi connectivity index (χ0) is 10.0. The largest absolute Gasteiger partial charge is 0.464 e. The number of unbranched alkanes of at least 4 members (excludes halogenated alkanes) is 1. The van der Waals surface area contributed by atoms with Crippen molar-refractivity contribution in [1.29, 1.82) is 0 Å². The SMILES string of the molecule is CCCCO[SiH3].C[Si](C)(C)O[SiH3]. The van der Waals surface area contributed by atoms with Gasteiger partial charge in [-0.2, -0.15) is 0 Å². The van der Waals surface area contributed by atoms with E-state index in [1.807, 2.05) is 0 Å². The molecule has 0 aliphatic carbocycles. The van der Waals surface area contributed by atoms with Gasteiger partial charge in [0.2, 0.25) is 0 Å². The van der Waals surface area contributed by atoms with Crippen LogP contribution in [-0.4, -0.2) is 35.9 Å². The molecule has 0 N–H and O–H groups in total. The quantitative estimate of drug-likeness (QED) is 0.502. The molecular formula is C7H24O2Si3. The summed E-state index contributed by atoms with van der Waals surface area (Å²) in [5.74, 6) is 0. The highest BCUT2D eigenvalue weighted by molar-refractivity contribution is 6.72. The van der Waals surface area contributed by atoms with Crippen molar-refractivity contribution in [1.82, 2.24) is 0 Å². The van der Waals surface area contributed by atoms with E-state index in [4.69, 9.17) is 8.54 Å². The van der Waals surface area contributed by atoms with E-state index in [-0.39, 0.29) is 0 Å². The minimum absolute atomic E-state index is 0.903. The first-order valence-corrected chi connectivity index (χ1v) is 9.56. The van der Waals surface area contributed by atoms with Gasteiger partial charge in [0.1, 0.15) is 21.0 Å². The highest BCUT2D eigenvalue weighted by Gasteiger charge is 2.08. The third-order valence-corrected chi connectivity index (χ3v) is 6.62. The predicted octanol–water partition coefficient (Wildman–Crippen LogP) is 0.202. The summed E-state index contributed by atoms with van der Waals surface area (Å²) >= 11 is 0. The Morgan fingerprint density at radius 2 is 1.58 bits per heavy atom. The van der Waals surface area contributed by atoms with E-state index < -0.39 is 8.32 Å². The predicted molar refractivity (Wildman–Crippen MR) is 65.2 cm³/mol. The Bertz CT molecular complexity index is 79.2. The maximum absolute atomic E-state index is 5.22. The first-order chi connectivity index (χ1) is 5.47. The zero-order valence-electron chi connectivity index (χ0n) is 9.44. The van der Waals surface area contributed by atoms with Gasteiger partial charge >= 0.3 is 0 Å². The molecule has 76 valence electrons. The number of rotatable bonds is 4. The molecule has 2 nitrogen and oxygen atoms in total. The molecule has 0 aliphatic heterocycles. The summed E-state index contributed by atoms with van der Waals surface area (Å²) in [5.41, 5.74) is 0. The van der Waals surface area contributed by atoms with Gasteiger partial charge in [-0.05, 0) is 26.1 Å². The summed E-state index contributed by atoms with van der Waals surface area (Å²) in [5, 5.41) is 0. The smallest absolute Gasteiger partial charge is 0.169 e. The lowest BCUT2D eigenvalue weighted by Gasteiger charge is -2.11. The highest BCUT2D eigenvalue weighted by atomic mass is 28.4. The number of hydrogen-bond acceptors (Lipinski definition) is 2. The Labute approximate surface area is 84.3 Å². The molecule has 0 spiro atoms. The van der Waals surface area contributed by atoms with Crippen LogP contribution in [0.2, 0.25) is 19.6 Å². The van der Waals surface area contributed by atoms with E-state index >= 15 is 0 Å². The molecule has 0 aromatic heterocycles. The second-order valence-corrected chi connectivity index (χ2v) is 10.1. The standard InChI is InChI=1S/C4H12OSi.C3H12OSi2/c1-2-3-4-5-6;1-6(2,3)4-5/h2-4H2,1,6H3;1-3,5H3. The van der Waals surface area contributed by atoms with E-state index in [2.05, 4.69) is 26.6 Å². The van der Waals surface area contributed by atoms with Crippen molar-refractivity contribution in [2.75, 3.05) is 6.61 Å². The number of hydrogen-bond donors (Lipinski definition) is 0. The molecule has 0 bridgehead atoms. The molecule has 0 rings (SSSR count). The van der Waals surface area contributed by atoms with Gasteiger partial charge in [0, 0.05) is 6.61 Å². The van der Waals surface area contributed by atoms with Gasteiger partial charge in [0.25, 0.3) is 0 Å². The maximum Gasteiger partial charge on any atom is 0.169 e. The van der Waals surface area contributed by atoms with Crippen molar-refractivity contribution in [2.24, 2.45) is 0 Å². The molecule has 0 aliphatic rings. The summed E-state index contributed by atoms with van der Waals surface area (Å²) in [6, 6.07) is 0. The Morgan fingerprint density at radius 3 is 1.67 bits per heavy atom. The molecular weight excluding hydrogens is 200 g/mol. The molecule has 0 saturated carbocycles. The normalized spacial score (nSPS) is 11.0. The van der Waals surface area contributed by atoms with Crippen molar-refractivity contribution in [3.05, 3.63) is 0 Å². The molecule has 0 radical (unpaired) electrons. The Balaban J connectivity index is 0. The molecule has 5 heteroatoms. The van der Waals surface area contributed by atoms with E-state index in [9.17, 15) is 0 Å². The molecule has 0 saturated heterocycles. The van der Waals surface area contributed by atoms with Crippen LogP contribution < -0.4 is 0 Å². The van der Waals surface area contributed by atoms with Crippen LogP contribution in [-0.2, 0) is 8.54 Å². The van der Waals surface area contributed by atoms with Crippen LogP contribution in [0.4, 0.5) is 0 Å². The second kappa shape index (κ2) is 9.66. The summed E-state index contributed by atoms with van der Waals surface area (Å²) in [4.78, 5) is 0. The Kier molecular flexibility index (Phi) is 12.1. The van der Waals surface area contributed by atoms with Crippen molar-refractivity contribution in [2.45, 2.75) is 39.4 Å². The van der Waals surface area contributed by atoms with Crippen LogP contribution in [0.3, 0.4) is 0 Å². The molecule has 12 heavy (non-hydrogen) atoms. The third kappa shape index (κ3) is 22.4. The fourth-order valence-corrected chi connectivity index (χ4v) is 0.577. The van der Waals surface area contributed by atoms with Crippen LogP contribution >= 0.6 is 0 Å². The van der Waals surface area contributed by atoms with Crippen molar-refractivity contribution in [3.63, 3.8) is 0 Å². The molecule has 0 amide bonds. The summed E-state index contributed by atoms with van der Waals surface area (Å²) in [6.07, 6.45) is 2.48. The fraction of sp³-hybridized carbons (Fsp3) is 1.00. The van der Waals surface area contributed by atoms with Gasteiger partial charge in [0.05, 0.1) is 0 Å². The van der Waals surface area contributed by atoms with E-state index in [0.29, 0.717) is 0 Å². The van der Waals surface area contributed by atoms with E-state index in [0.717, 1.165) is 27.6 Å². The van der Waals surface area contributed by atoms with Gasteiger partial charge in [0.15, 0.2) is 8.32 Å². The lowest BCUT2D eigenvalue weighted by atomic mass is 10.4. The van der Waals surface area contributed by atoms with Crippen LogP contribution in [0.15, 0.2) is 0 Å². The zero-order valence-corrected chi connectivity index (χ0v) is 14.4. The average Bonchev–Trinajstić information content (AvgIpc) is 2.01. The van der Waals surface area contributed by atoms with E-state index in [1.54, 1.807) is 0 Å². The van der Waals surface area contributed by atoms with Crippen LogP contribution in [0.25, 0.3) is 0 Å². The maximum atomic E-state index is 5.22. The summed E-state index contributed by atoms with van der Waals surface area (Å²) in [7, 11) is 0.744.